The Morgan fingerprint density at radius 2 is 0.988 bits per heavy atom. The molecule has 4 heterocycles. The van der Waals surface area contributed by atoms with Crippen LogP contribution in [0.4, 0.5) is 28.4 Å². The molecule has 0 atom stereocenters. The summed E-state index contributed by atoms with van der Waals surface area (Å²) < 4.78 is 9.96. The van der Waals surface area contributed by atoms with E-state index >= 15 is 0 Å². The van der Waals surface area contributed by atoms with Crippen molar-refractivity contribution in [3.8, 4) is 56.0 Å². The van der Waals surface area contributed by atoms with E-state index in [-0.39, 0.29) is 33.9 Å². The number of nitrogens with zero attached hydrogens (tertiary/aromatic N) is 2. The fourth-order valence-electron chi connectivity index (χ4n) is 15.4. The number of hydrogen-bond donors (Lipinski definition) is 0. The summed E-state index contributed by atoms with van der Waals surface area (Å²) in [4.78, 5) is 5.46. The van der Waals surface area contributed by atoms with Crippen LogP contribution in [0.15, 0.2) is 205 Å². The largest absolute Gasteiger partial charge is 0.455 e. The molecule has 422 valence electrons. The zero-order valence-electron chi connectivity index (χ0n) is 51.8. The zero-order valence-corrected chi connectivity index (χ0v) is 52.6. The van der Waals surface area contributed by atoms with Crippen molar-refractivity contribution in [2.45, 2.75) is 123 Å². The Morgan fingerprint density at radius 3 is 1.63 bits per heavy atom. The average molecular weight is 1130 g/mol. The Morgan fingerprint density at radius 1 is 0.430 bits per heavy atom. The molecule has 16 rings (SSSR count). The van der Waals surface area contributed by atoms with Crippen molar-refractivity contribution in [3.63, 3.8) is 0 Å². The van der Waals surface area contributed by atoms with Gasteiger partial charge in [-0.05, 0) is 162 Å². The minimum atomic E-state index is -0.261. The first-order valence-electron chi connectivity index (χ1n) is 31.1. The molecule has 4 aliphatic rings. The highest BCUT2D eigenvalue weighted by Gasteiger charge is 2.50. The molecule has 0 radical (unpaired) electrons. The molecule has 2 aromatic heterocycles. The van der Waals surface area contributed by atoms with Gasteiger partial charge in [-0.1, -0.05) is 223 Å². The van der Waals surface area contributed by atoms with E-state index in [1.165, 1.54) is 128 Å². The molecule has 0 amide bonds. The first-order chi connectivity index (χ1) is 41.2. The van der Waals surface area contributed by atoms with Crippen LogP contribution in [-0.4, -0.2) is 6.85 Å². The quantitative estimate of drug-likeness (QED) is 0.160. The molecule has 0 fully saturated rings. The SMILES string of the molecule is CC(C)(C)c1ccc(N2B3c4cc5c(-c6ccccc6)oc(-c6ccccc6)c5cc4N(c4ccc(C(C)(C)C)cc4-c4ccccc4)c4c3c(cc3c4sc4ccccc43)-c3cc4c(cc32)C(C)(C)c2cc3c(cc2-4)C(C)(C)CCC3(C)C)cc1. The Kier molecular flexibility index (Phi) is 11.3. The van der Waals surface area contributed by atoms with Crippen LogP contribution in [0.3, 0.4) is 0 Å². The molecule has 2 aliphatic heterocycles. The first kappa shape index (κ1) is 53.1. The van der Waals surface area contributed by atoms with Gasteiger partial charge >= 0.3 is 6.85 Å². The summed E-state index contributed by atoms with van der Waals surface area (Å²) in [6, 6.07) is 76.9. The second-order valence-electron chi connectivity index (χ2n) is 29.1. The lowest BCUT2D eigenvalue weighted by atomic mass is 9.43. The fraction of sp³-hybridized carbons (Fsp3) is 0.235. The summed E-state index contributed by atoms with van der Waals surface area (Å²) >= 11 is 1.94. The molecule has 3 nitrogen and oxygen atoms in total. The van der Waals surface area contributed by atoms with Gasteiger partial charge in [-0.2, -0.15) is 0 Å². The molecule has 0 unspecified atom stereocenters. The maximum Gasteiger partial charge on any atom is 0.333 e. The van der Waals surface area contributed by atoms with E-state index < -0.39 is 0 Å². The van der Waals surface area contributed by atoms with Gasteiger partial charge in [0.15, 0.2) is 0 Å². The summed E-state index contributed by atoms with van der Waals surface area (Å²) in [7, 11) is 0. The van der Waals surface area contributed by atoms with Crippen LogP contribution in [0.5, 0.6) is 0 Å². The van der Waals surface area contributed by atoms with Crippen LogP contribution in [0.2, 0.25) is 0 Å². The highest BCUT2D eigenvalue weighted by molar-refractivity contribution is 7.26. The summed E-state index contributed by atoms with van der Waals surface area (Å²) in [5, 5.41) is 4.76. The molecule has 86 heavy (non-hydrogen) atoms. The second kappa shape index (κ2) is 18.3. The highest BCUT2D eigenvalue weighted by atomic mass is 32.1. The van der Waals surface area contributed by atoms with Crippen LogP contribution in [0.1, 0.15) is 129 Å². The van der Waals surface area contributed by atoms with Crippen molar-refractivity contribution in [3.05, 3.63) is 234 Å². The van der Waals surface area contributed by atoms with E-state index in [1.54, 1.807) is 0 Å². The van der Waals surface area contributed by atoms with Crippen molar-refractivity contribution in [2.24, 2.45) is 0 Å². The highest BCUT2D eigenvalue weighted by Crippen LogP contribution is 2.60. The molecule has 0 N–H and O–H groups in total. The number of anilines is 5. The minimum absolute atomic E-state index is 0.0298. The maximum absolute atomic E-state index is 7.39. The maximum atomic E-state index is 7.39. The first-order valence-corrected chi connectivity index (χ1v) is 32.0. The van der Waals surface area contributed by atoms with Gasteiger partial charge in [0.2, 0.25) is 0 Å². The molecule has 0 bridgehead atoms. The predicted molar refractivity (Wildman–Crippen MR) is 369 cm³/mol. The normalized spacial score (nSPS) is 16.0. The van der Waals surface area contributed by atoms with Crippen molar-refractivity contribution >= 4 is 88.5 Å². The number of furan rings is 1. The summed E-state index contributed by atoms with van der Waals surface area (Å²) in [6.45, 7) is 28.6. The molecule has 5 heteroatoms. The lowest BCUT2D eigenvalue weighted by Gasteiger charge is -2.46. The van der Waals surface area contributed by atoms with Crippen molar-refractivity contribution in [1.82, 2.24) is 0 Å². The lowest BCUT2D eigenvalue weighted by molar-refractivity contribution is 0.331. The predicted octanol–water partition coefficient (Wildman–Crippen LogP) is 21.8. The van der Waals surface area contributed by atoms with Crippen molar-refractivity contribution in [2.75, 3.05) is 9.71 Å². The van der Waals surface area contributed by atoms with Crippen molar-refractivity contribution in [1.29, 1.82) is 0 Å². The number of rotatable bonds is 5. The third-order valence-electron chi connectivity index (χ3n) is 20.4. The van der Waals surface area contributed by atoms with Gasteiger partial charge in [0.05, 0.1) is 16.1 Å². The van der Waals surface area contributed by atoms with Crippen LogP contribution in [-0.2, 0) is 27.1 Å². The summed E-state index contributed by atoms with van der Waals surface area (Å²) in [5.74, 6) is 1.75. The van der Waals surface area contributed by atoms with E-state index in [9.17, 15) is 0 Å². The zero-order chi connectivity index (χ0) is 59.1. The van der Waals surface area contributed by atoms with Gasteiger partial charge in [0.1, 0.15) is 11.5 Å². The molecule has 12 aromatic rings. The monoisotopic (exact) mass is 1130 g/mol. The Labute approximate surface area is 512 Å². The van der Waals surface area contributed by atoms with E-state index in [2.05, 4.69) is 293 Å². The standard InChI is InChI=1S/C81H73BN2OS/c1-77(2,3)51-32-35-53(36-33-51)84-69-47-64-56(57-43-65-66(46-63(57)81(64,11)12)80(9,10)39-38-79(65,7)8)41-58(69)59-42-62-54-30-22-23-31-71(54)86-76(62)73-72(59)82(84)67-44-60-61(75(50-28-20-15-21-29-50)85-74(60)49-26-18-14-19-27-49)45-70(67)83(73)68-37-34-52(78(4,5)6)40-55(68)48-24-16-13-17-25-48/h13-37,40-47H,38-39H2,1-12H3. The average Bonchev–Trinajstić information content (AvgIpc) is 1.21. The van der Waals surface area contributed by atoms with Gasteiger partial charge in [-0.3, -0.25) is 0 Å². The van der Waals surface area contributed by atoms with Crippen LogP contribution in [0, 0.1) is 0 Å². The smallest absolute Gasteiger partial charge is 0.333 e. The van der Waals surface area contributed by atoms with Crippen LogP contribution in [0.25, 0.3) is 87.0 Å². The molecule has 10 aromatic carbocycles. The Bertz CT molecular complexity index is 4800. The Balaban J connectivity index is 1.09. The van der Waals surface area contributed by atoms with Gasteiger partial charge < -0.3 is 14.1 Å². The number of benzene rings is 10. The number of thiophene rings is 1. The van der Waals surface area contributed by atoms with E-state index in [1.807, 2.05) is 11.3 Å². The molecular formula is C81H73BN2OS. The minimum Gasteiger partial charge on any atom is -0.455 e. The van der Waals surface area contributed by atoms with Crippen molar-refractivity contribution < 1.29 is 4.42 Å². The lowest BCUT2D eigenvalue weighted by Crippen LogP contribution is -2.61. The van der Waals surface area contributed by atoms with Gasteiger partial charge in [-0.25, -0.2) is 0 Å². The van der Waals surface area contributed by atoms with Crippen LogP contribution < -0.4 is 20.6 Å². The molecule has 0 saturated carbocycles. The Hall–Kier alpha value is -8.38. The summed E-state index contributed by atoms with van der Waals surface area (Å²) in [6.07, 6.45) is 2.35. The number of hydrogen-bond acceptors (Lipinski definition) is 4. The molecule has 2 aliphatic carbocycles. The third-order valence-corrected chi connectivity index (χ3v) is 21.6. The van der Waals surface area contributed by atoms with E-state index in [0.29, 0.717) is 0 Å². The van der Waals surface area contributed by atoms with E-state index in [4.69, 9.17) is 4.42 Å². The summed E-state index contributed by atoms with van der Waals surface area (Å²) in [5.41, 5.74) is 26.5. The third kappa shape index (κ3) is 7.78. The van der Waals surface area contributed by atoms with Gasteiger partial charge in [-0.15, -0.1) is 11.3 Å². The second-order valence-corrected chi connectivity index (χ2v) is 30.2. The van der Waals surface area contributed by atoms with E-state index in [0.717, 1.165) is 44.8 Å². The van der Waals surface area contributed by atoms with Crippen LogP contribution >= 0.6 is 11.3 Å². The molecule has 0 spiro atoms. The number of fused-ring (bicyclic) bond motifs is 13. The molecule has 0 saturated heterocycles. The van der Waals surface area contributed by atoms with Gasteiger partial charge in [0.25, 0.3) is 0 Å². The molecular weight excluding hydrogens is 1060 g/mol. The van der Waals surface area contributed by atoms with Gasteiger partial charge in [0, 0.05) is 71.0 Å². The topological polar surface area (TPSA) is 19.6 Å². The fourth-order valence-corrected chi connectivity index (χ4v) is 16.7.